The van der Waals surface area contributed by atoms with E-state index < -0.39 is 27.9 Å². The maximum Gasteiger partial charge on any atom is 0.409 e. The van der Waals surface area contributed by atoms with Crippen LogP contribution in [0.1, 0.15) is 46.5 Å². The minimum Gasteiger partial charge on any atom is -0.444 e. The van der Waals surface area contributed by atoms with Crippen LogP contribution in [0.15, 0.2) is 33.6 Å². The second kappa shape index (κ2) is 10.2. The van der Waals surface area contributed by atoms with Gasteiger partial charge < -0.3 is 9.84 Å². The van der Waals surface area contributed by atoms with Gasteiger partial charge in [0.15, 0.2) is 0 Å². The highest BCUT2D eigenvalue weighted by Crippen LogP contribution is 2.14. The number of benzene rings is 1. The molecule has 0 bridgehead atoms. The Labute approximate surface area is 163 Å². The summed E-state index contributed by atoms with van der Waals surface area (Å²) in [6.45, 7) is 5.55. The van der Waals surface area contributed by atoms with Crippen LogP contribution in [-0.4, -0.2) is 38.0 Å². The van der Waals surface area contributed by atoms with Crippen LogP contribution in [0.5, 0.6) is 0 Å². The van der Waals surface area contributed by atoms with Crippen molar-refractivity contribution >= 4 is 32.0 Å². The predicted octanol–water partition coefficient (Wildman–Crippen LogP) is 3.13. The standard InChI is InChI=1S/C17H27BrN2O5S/c1-17(2,3)25-16(22)20-15(21)7-5-4-6-12-19-26(23,24)14-10-8-13(18)9-11-14/h8-11,15,19,21H,4-7,12H2,1-3H3,(H,20,22). The number of hydrogen-bond acceptors (Lipinski definition) is 5. The SMILES string of the molecule is CC(C)(C)OC(=O)NC(O)CCCCCNS(=O)(=O)c1ccc(Br)cc1. The van der Waals surface area contributed by atoms with Crippen LogP contribution in [0.25, 0.3) is 0 Å². The maximum atomic E-state index is 12.1. The van der Waals surface area contributed by atoms with E-state index in [0.717, 1.165) is 10.9 Å². The number of aliphatic hydroxyl groups is 1. The molecule has 9 heteroatoms. The number of alkyl carbamates (subject to hydrolysis) is 1. The molecule has 0 aliphatic rings. The summed E-state index contributed by atoms with van der Waals surface area (Å²) >= 11 is 3.26. The van der Waals surface area contributed by atoms with E-state index in [1.807, 2.05) is 0 Å². The lowest BCUT2D eigenvalue weighted by molar-refractivity contribution is 0.0340. The average molecular weight is 451 g/mol. The Morgan fingerprint density at radius 1 is 1.19 bits per heavy atom. The fraction of sp³-hybridized carbons (Fsp3) is 0.588. The molecule has 0 radical (unpaired) electrons. The molecule has 0 heterocycles. The molecule has 1 rings (SSSR count). The molecule has 0 spiro atoms. The highest BCUT2D eigenvalue weighted by Gasteiger charge is 2.18. The van der Waals surface area contributed by atoms with Gasteiger partial charge in [-0.05, 0) is 64.3 Å². The van der Waals surface area contributed by atoms with Crippen molar-refractivity contribution in [2.45, 2.75) is 63.2 Å². The van der Waals surface area contributed by atoms with Gasteiger partial charge in [0.1, 0.15) is 11.8 Å². The molecule has 0 fully saturated rings. The monoisotopic (exact) mass is 450 g/mol. The number of nitrogens with one attached hydrogen (secondary N) is 2. The smallest absolute Gasteiger partial charge is 0.409 e. The summed E-state index contributed by atoms with van der Waals surface area (Å²) in [6, 6.07) is 6.41. The van der Waals surface area contributed by atoms with Crippen LogP contribution in [0.4, 0.5) is 4.79 Å². The third kappa shape index (κ3) is 9.51. The predicted molar refractivity (Wildman–Crippen MR) is 103 cm³/mol. The molecule has 26 heavy (non-hydrogen) atoms. The van der Waals surface area contributed by atoms with Gasteiger partial charge in [0.25, 0.3) is 0 Å². The van der Waals surface area contributed by atoms with Gasteiger partial charge >= 0.3 is 6.09 Å². The van der Waals surface area contributed by atoms with Gasteiger partial charge in [-0.15, -0.1) is 0 Å². The van der Waals surface area contributed by atoms with Crippen LogP contribution in [-0.2, 0) is 14.8 Å². The zero-order valence-electron chi connectivity index (χ0n) is 15.3. The zero-order chi connectivity index (χ0) is 19.8. The van der Waals surface area contributed by atoms with Crippen molar-refractivity contribution in [1.29, 1.82) is 0 Å². The molecule has 1 atom stereocenters. The second-order valence-electron chi connectivity index (χ2n) is 6.86. The zero-order valence-corrected chi connectivity index (χ0v) is 17.7. The Hall–Kier alpha value is -1.16. The Morgan fingerprint density at radius 3 is 2.38 bits per heavy atom. The van der Waals surface area contributed by atoms with Crippen molar-refractivity contribution in [3.8, 4) is 0 Å². The molecule has 148 valence electrons. The molecule has 0 aliphatic heterocycles. The van der Waals surface area contributed by atoms with Gasteiger partial charge in [-0.25, -0.2) is 17.9 Å². The van der Waals surface area contributed by atoms with E-state index in [1.165, 1.54) is 12.1 Å². The first-order valence-electron chi connectivity index (χ1n) is 8.42. The highest BCUT2D eigenvalue weighted by atomic mass is 79.9. The number of carbonyl (C=O) groups is 1. The van der Waals surface area contributed by atoms with Crippen molar-refractivity contribution < 1.29 is 23.1 Å². The van der Waals surface area contributed by atoms with Crippen molar-refractivity contribution in [2.75, 3.05) is 6.54 Å². The summed E-state index contributed by atoms with van der Waals surface area (Å²) in [5, 5.41) is 12.1. The molecule has 7 nitrogen and oxygen atoms in total. The fourth-order valence-electron chi connectivity index (χ4n) is 2.06. The normalized spacial score (nSPS) is 13.3. The Kier molecular flexibility index (Phi) is 9.02. The van der Waals surface area contributed by atoms with Crippen LogP contribution in [0.3, 0.4) is 0 Å². The number of aliphatic hydroxyl groups excluding tert-OH is 1. The molecule has 0 aliphatic carbocycles. The number of sulfonamides is 1. The van der Waals surface area contributed by atoms with Crippen LogP contribution >= 0.6 is 15.9 Å². The third-order valence-corrected chi connectivity index (χ3v) is 5.26. The quantitative estimate of drug-likeness (QED) is 0.395. The number of amides is 1. The number of unbranched alkanes of at least 4 members (excludes halogenated alkanes) is 2. The van der Waals surface area contributed by atoms with Gasteiger partial charge in [-0.3, -0.25) is 5.32 Å². The Balaban J connectivity index is 2.20. The van der Waals surface area contributed by atoms with E-state index in [0.29, 0.717) is 25.8 Å². The topological polar surface area (TPSA) is 105 Å². The van der Waals surface area contributed by atoms with E-state index in [-0.39, 0.29) is 4.90 Å². The summed E-state index contributed by atoms with van der Waals surface area (Å²) in [5.41, 5.74) is -0.615. The van der Waals surface area contributed by atoms with Gasteiger partial charge in [0.2, 0.25) is 10.0 Å². The number of ether oxygens (including phenoxy) is 1. The summed E-state index contributed by atoms with van der Waals surface area (Å²) in [7, 11) is -3.51. The summed E-state index contributed by atoms with van der Waals surface area (Å²) in [4.78, 5) is 11.7. The lowest BCUT2D eigenvalue weighted by atomic mass is 10.2. The molecule has 0 saturated heterocycles. The first-order valence-corrected chi connectivity index (χ1v) is 10.7. The first-order chi connectivity index (χ1) is 12.0. The van der Waals surface area contributed by atoms with Gasteiger partial charge in [0.05, 0.1) is 4.90 Å². The molecule has 0 aromatic heterocycles. The number of carbonyl (C=O) groups excluding carboxylic acids is 1. The largest absolute Gasteiger partial charge is 0.444 e. The molecular weight excluding hydrogens is 424 g/mol. The van der Waals surface area contributed by atoms with Crippen molar-refractivity contribution in [3.63, 3.8) is 0 Å². The summed E-state index contributed by atoms with van der Waals surface area (Å²) < 4.78 is 32.6. The van der Waals surface area contributed by atoms with Crippen LogP contribution < -0.4 is 10.0 Å². The lowest BCUT2D eigenvalue weighted by Crippen LogP contribution is -2.39. The van der Waals surface area contributed by atoms with E-state index in [1.54, 1.807) is 32.9 Å². The minimum absolute atomic E-state index is 0.220. The lowest BCUT2D eigenvalue weighted by Gasteiger charge is -2.21. The highest BCUT2D eigenvalue weighted by molar-refractivity contribution is 9.10. The number of halogens is 1. The van der Waals surface area contributed by atoms with Crippen molar-refractivity contribution in [1.82, 2.24) is 10.0 Å². The number of rotatable bonds is 9. The summed E-state index contributed by atoms with van der Waals surface area (Å²) in [5.74, 6) is 0. The Morgan fingerprint density at radius 2 is 1.81 bits per heavy atom. The molecule has 0 saturated carbocycles. The molecule has 3 N–H and O–H groups in total. The fourth-order valence-corrected chi connectivity index (χ4v) is 3.40. The van der Waals surface area contributed by atoms with Gasteiger partial charge in [-0.1, -0.05) is 22.4 Å². The van der Waals surface area contributed by atoms with E-state index in [2.05, 4.69) is 26.0 Å². The molecule has 1 aromatic rings. The van der Waals surface area contributed by atoms with Crippen molar-refractivity contribution in [2.24, 2.45) is 0 Å². The van der Waals surface area contributed by atoms with Crippen LogP contribution in [0.2, 0.25) is 0 Å². The van der Waals surface area contributed by atoms with E-state index in [9.17, 15) is 18.3 Å². The van der Waals surface area contributed by atoms with E-state index >= 15 is 0 Å². The third-order valence-electron chi connectivity index (χ3n) is 3.25. The average Bonchev–Trinajstić information content (AvgIpc) is 2.49. The van der Waals surface area contributed by atoms with Crippen molar-refractivity contribution in [3.05, 3.63) is 28.7 Å². The van der Waals surface area contributed by atoms with Gasteiger partial charge in [0, 0.05) is 11.0 Å². The second-order valence-corrected chi connectivity index (χ2v) is 9.55. The molecule has 1 amide bonds. The molecular formula is C17H27BrN2O5S. The van der Waals surface area contributed by atoms with E-state index in [4.69, 9.17) is 4.74 Å². The van der Waals surface area contributed by atoms with Gasteiger partial charge in [-0.2, -0.15) is 0 Å². The Bertz CT molecular complexity index is 671. The number of hydrogen-bond donors (Lipinski definition) is 3. The molecule has 1 aromatic carbocycles. The summed E-state index contributed by atoms with van der Waals surface area (Å²) in [6.07, 6.45) is 0.733. The van der Waals surface area contributed by atoms with Crippen LogP contribution in [0, 0.1) is 0 Å². The maximum absolute atomic E-state index is 12.1. The molecule has 1 unspecified atom stereocenters. The minimum atomic E-state index is -3.51. The first kappa shape index (κ1) is 22.9.